The van der Waals surface area contributed by atoms with E-state index >= 15 is 0 Å². The highest BCUT2D eigenvalue weighted by Gasteiger charge is 2.13. The van der Waals surface area contributed by atoms with Crippen LogP contribution in [-0.2, 0) is 10.0 Å². The number of amides is 1. The summed E-state index contributed by atoms with van der Waals surface area (Å²) in [7, 11) is -3.65. The fourth-order valence-electron chi connectivity index (χ4n) is 1.75. The SMILES string of the molecule is CS(=O)(=O)Nc1cc(NC(=O)c2ccccc2O)ccc1F. The molecule has 2 aromatic carbocycles. The number of hydrogen-bond acceptors (Lipinski definition) is 4. The zero-order valence-electron chi connectivity index (χ0n) is 11.5. The number of rotatable bonds is 4. The van der Waals surface area contributed by atoms with Gasteiger partial charge in [-0.1, -0.05) is 12.1 Å². The molecule has 2 rings (SSSR count). The van der Waals surface area contributed by atoms with E-state index in [9.17, 15) is 22.7 Å². The van der Waals surface area contributed by atoms with Gasteiger partial charge < -0.3 is 10.4 Å². The third kappa shape index (κ3) is 3.95. The molecule has 0 bridgehead atoms. The van der Waals surface area contributed by atoms with Gasteiger partial charge in [0.2, 0.25) is 10.0 Å². The van der Waals surface area contributed by atoms with Crippen LogP contribution in [0.3, 0.4) is 0 Å². The zero-order valence-corrected chi connectivity index (χ0v) is 12.3. The van der Waals surface area contributed by atoms with Crippen LogP contribution in [-0.4, -0.2) is 25.7 Å². The first-order chi connectivity index (χ1) is 10.3. The van der Waals surface area contributed by atoms with Gasteiger partial charge in [0.25, 0.3) is 5.91 Å². The molecular weight excluding hydrogens is 311 g/mol. The Bertz CT molecular complexity index is 821. The van der Waals surface area contributed by atoms with Crippen LogP contribution in [0.25, 0.3) is 0 Å². The molecule has 0 aromatic heterocycles. The first-order valence-electron chi connectivity index (χ1n) is 6.13. The number of sulfonamides is 1. The Morgan fingerprint density at radius 3 is 2.50 bits per heavy atom. The van der Waals surface area contributed by atoms with E-state index in [2.05, 4.69) is 5.32 Å². The molecule has 0 radical (unpaired) electrons. The van der Waals surface area contributed by atoms with Crippen molar-refractivity contribution >= 4 is 27.3 Å². The van der Waals surface area contributed by atoms with Crippen LogP contribution in [0.4, 0.5) is 15.8 Å². The molecule has 6 nitrogen and oxygen atoms in total. The zero-order chi connectivity index (χ0) is 16.3. The molecule has 1 amide bonds. The van der Waals surface area contributed by atoms with Gasteiger partial charge in [0, 0.05) is 5.69 Å². The first kappa shape index (κ1) is 15.8. The number of halogens is 1. The van der Waals surface area contributed by atoms with Gasteiger partial charge in [0.15, 0.2) is 0 Å². The predicted octanol–water partition coefficient (Wildman–Crippen LogP) is 2.16. The van der Waals surface area contributed by atoms with Crippen LogP contribution in [0.15, 0.2) is 42.5 Å². The molecule has 0 heterocycles. The summed E-state index contributed by atoms with van der Waals surface area (Å²) in [5.41, 5.74) is -0.0529. The number of nitrogens with one attached hydrogen (secondary N) is 2. The fourth-order valence-corrected chi connectivity index (χ4v) is 2.30. The van der Waals surface area contributed by atoms with Gasteiger partial charge >= 0.3 is 0 Å². The highest BCUT2D eigenvalue weighted by atomic mass is 32.2. The number of carbonyl (C=O) groups is 1. The molecule has 22 heavy (non-hydrogen) atoms. The third-order valence-corrected chi connectivity index (χ3v) is 3.26. The molecule has 0 aliphatic rings. The molecule has 0 aliphatic carbocycles. The Hall–Kier alpha value is -2.61. The van der Waals surface area contributed by atoms with Crippen LogP contribution < -0.4 is 10.0 Å². The molecule has 3 N–H and O–H groups in total. The van der Waals surface area contributed by atoms with Crippen molar-refractivity contribution in [3.63, 3.8) is 0 Å². The number of hydrogen-bond donors (Lipinski definition) is 3. The standard InChI is InChI=1S/C14H13FN2O4S/c1-22(20,21)17-12-8-9(6-7-11(12)15)16-14(19)10-4-2-3-5-13(10)18/h2-8,17-18H,1H3,(H,16,19). The molecule has 0 saturated carbocycles. The minimum atomic E-state index is -3.65. The van der Waals surface area contributed by atoms with Gasteiger partial charge in [-0.2, -0.15) is 0 Å². The van der Waals surface area contributed by atoms with Gasteiger partial charge in [0.05, 0.1) is 17.5 Å². The number of anilines is 2. The lowest BCUT2D eigenvalue weighted by atomic mass is 10.2. The smallest absolute Gasteiger partial charge is 0.259 e. The van der Waals surface area contributed by atoms with Crippen molar-refractivity contribution in [3.05, 3.63) is 53.8 Å². The van der Waals surface area contributed by atoms with E-state index in [-0.39, 0.29) is 22.7 Å². The molecule has 0 spiro atoms. The maximum Gasteiger partial charge on any atom is 0.259 e. The maximum absolute atomic E-state index is 13.5. The summed E-state index contributed by atoms with van der Waals surface area (Å²) in [6, 6.07) is 9.37. The largest absolute Gasteiger partial charge is 0.507 e. The van der Waals surface area contributed by atoms with E-state index in [0.29, 0.717) is 0 Å². The van der Waals surface area contributed by atoms with Crippen molar-refractivity contribution in [2.45, 2.75) is 0 Å². The summed E-state index contributed by atoms with van der Waals surface area (Å²) in [5, 5.41) is 12.1. The normalized spacial score (nSPS) is 11.0. The van der Waals surface area contributed by atoms with E-state index in [4.69, 9.17) is 0 Å². The van der Waals surface area contributed by atoms with Crippen molar-refractivity contribution in [1.29, 1.82) is 0 Å². The van der Waals surface area contributed by atoms with Crippen LogP contribution in [0.5, 0.6) is 5.75 Å². The minimum Gasteiger partial charge on any atom is -0.507 e. The fraction of sp³-hybridized carbons (Fsp3) is 0.0714. The molecule has 0 fully saturated rings. The molecule has 8 heteroatoms. The molecule has 0 aliphatic heterocycles. The quantitative estimate of drug-likeness (QED) is 0.803. The maximum atomic E-state index is 13.5. The lowest BCUT2D eigenvalue weighted by molar-refractivity contribution is 0.102. The number of phenols is 1. The monoisotopic (exact) mass is 324 g/mol. The van der Waals surface area contributed by atoms with E-state index in [0.717, 1.165) is 18.4 Å². The Kier molecular flexibility index (Phi) is 4.32. The van der Waals surface area contributed by atoms with E-state index in [1.165, 1.54) is 18.2 Å². The Morgan fingerprint density at radius 1 is 1.18 bits per heavy atom. The summed E-state index contributed by atoms with van der Waals surface area (Å²) in [6.45, 7) is 0. The van der Waals surface area contributed by atoms with Crippen molar-refractivity contribution in [2.75, 3.05) is 16.3 Å². The van der Waals surface area contributed by atoms with Crippen molar-refractivity contribution < 1.29 is 22.7 Å². The average Bonchev–Trinajstić information content (AvgIpc) is 2.41. The molecule has 0 atom stereocenters. The number of phenolic OH excluding ortho intramolecular Hbond substituents is 1. The summed E-state index contributed by atoms with van der Waals surface area (Å²) < 4.78 is 37.9. The lowest BCUT2D eigenvalue weighted by Crippen LogP contribution is -2.14. The Balaban J connectivity index is 2.25. The second-order valence-electron chi connectivity index (χ2n) is 4.54. The van der Waals surface area contributed by atoms with Crippen LogP contribution >= 0.6 is 0 Å². The number of carbonyl (C=O) groups excluding carboxylic acids is 1. The van der Waals surface area contributed by atoms with Gasteiger partial charge in [-0.25, -0.2) is 12.8 Å². The predicted molar refractivity (Wildman–Crippen MR) is 80.9 cm³/mol. The Morgan fingerprint density at radius 2 is 1.86 bits per heavy atom. The van der Waals surface area contributed by atoms with Crippen molar-refractivity contribution in [1.82, 2.24) is 0 Å². The Labute approximate surface area is 126 Å². The second kappa shape index (κ2) is 6.02. The molecule has 0 unspecified atom stereocenters. The van der Waals surface area contributed by atoms with E-state index < -0.39 is 21.7 Å². The summed E-state index contributed by atoms with van der Waals surface area (Å²) >= 11 is 0. The van der Waals surface area contributed by atoms with E-state index in [1.54, 1.807) is 12.1 Å². The van der Waals surface area contributed by atoms with Gasteiger partial charge in [-0.05, 0) is 30.3 Å². The van der Waals surface area contributed by atoms with Gasteiger partial charge in [-0.3, -0.25) is 9.52 Å². The molecule has 2 aromatic rings. The first-order valence-corrected chi connectivity index (χ1v) is 8.02. The minimum absolute atomic E-state index is 0.0458. The second-order valence-corrected chi connectivity index (χ2v) is 6.29. The topological polar surface area (TPSA) is 95.5 Å². The summed E-state index contributed by atoms with van der Waals surface area (Å²) in [5.74, 6) is -1.57. The molecule has 116 valence electrons. The van der Waals surface area contributed by atoms with Gasteiger partial charge in [-0.15, -0.1) is 0 Å². The van der Waals surface area contributed by atoms with Crippen LogP contribution in [0.1, 0.15) is 10.4 Å². The number of benzene rings is 2. The highest BCUT2D eigenvalue weighted by molar-refractivity contribution is 7.92. The average molecular weight is 324 g/mol. The van der Waals surface area contributed by atoms with Crippen LogP contribution in [0, 0.1) is 5.82 Å². The lowest BCUT2D eigenvalue weighted by Gasteiger charge is -2.10. The number of aromatic hydroxyl groups is 1. The summed E-state index contributed by atoms with van der Waals surface area (Å²) in [4.78, 5) is 12.0. The van der Waals surface area contributed by atoms with Crippen LogP contribution in [0.2, 0.25) is 0 Å². The van der Waals surface area contributed by atoms with Crippen molar-refractivity contribution in [2.24, 2.45) is 0 Å². The van der Waals surface area contributed by atoms with Gasteiger partial charge in [0.1, 0.15) is 11.6 Å². The van der Waals surface area contributed by atoms with E-state index in [1.807, 2.05) is 4.72 Å². The number of para-hydroxylation sites is 1. The third-order valence-electron chi connectivity index (χ3n) is 2.67. The van der Waals surface area contributed by atoms with Crippen molar-refractivity contribution in [3.8, 4) is 5.75 Å². The summed E-state index contributed by atoms with van der Waals surface area (Å²) in [6.07, 6.45) is 0.889. The highest BCUT2D eigenvalue weighted by Crippen LogP contribution is 2.22. The molecular formula is C14H13FN2O4S. The molecule has 0 saturated heterocycles.